The van der Waals surface area contributed by atoms with Crippen molar-refractivity contribution in [1.29, 1.82) is 0 Å². The Bertz CT molecular complexity index is 92.4. The van der Waals surface area contributed by atoms with Gasteiger partial charge in [-0.15, -0.1) is 0 Å². The molecule has 4 heteroatoms. The zero-order chi connectivity index (χ0) is 7.94. The standard InChI is InChI=1S/C7H14O4/c8-3-1-2-4-10-11-6-7-5-9-7/h7-8H,1-6H2. The maximum Gasteiger partial charge on any atom is 0.111 e. The van der Waals surface area contributed by atoms with Crippen LogP contribution in [0.25, 0.3) is 0 Å². The van der Waals surface area contributed by atoms with E-state index in [0.29, 0.717) is 13.2 Å². The van der Waals surface area contributed by atoms with Gasteiger partial charge >= 0.3 is 0 Å². The average molecular weight is 162 g/mol. The van der Waals surface area contributed by atoms with Gasteiger partial charge in [0.15, 0.2) is 0 Å². The van der Waals surface area contributed by atoms with E-state index in [2.05, 4.69) is 0 Å². The van der Waals surface area contributed by atoms with E-state index in [4.69, 9.17) is 19.6 Å². The van der Waals surface area contributed by atoms with Crippen LogP contribution in [0.5, 0.6) is 0 Å². The number of epoxide rings is 1. The highest BCUT2D eigenvalue weighted by Crippen LogP contribution is 2.08. The minimum atomic E-state index is 0.217. The molecule has 1 saturated heterocycles. The summed E-state index contributed by atoms with van der Waals surface area (Å²) in [5.74, 6) is 0. The molecular formula is C7H14O4. The van der Waals surface area contributed by atoms with Crippen LogP contribution >= 0.6 is 0 Å². The van der Waals surface area contributed by atoms with Gasteiger partial charge in [0.25, 0.3) is 0 Å². The lowest BCUT2D eigenvalue weighted by atomic mass is 10.3. The maximum atomic E-state index is 8.40. The molecule has 0 aromatic heterocycles. The fourth-order valence-electron chi connectivity index (χ4n) is 0.620. The summed E-state index contributed by atoms with van der Waals surface area (Å²) in [6.07, 6.45) is 1.86. The van der Waals surface area contributed by atoms with Crippen LogP contribution in [0.2, 0.25) is 0 Å². The highest BCUT2D eigenvalue weighted by molar-refractivity contribution is 4.65. The van der Waals surface area contributed by atoms with E-state index in [0.717, 1.165) is 19.4 Å². The van der Waals surface area contributed by atoms with Crippen LogP contribution in [-0.2, 0) is 14.5 Å². The van der Waals surface area contributed by atoms with Crippen molar-refractivity contribution >= 4 is 0 Å². The first-order chi connectivity index (χ1) is 5.43. The summed E-state index contributed by atoms with van der Waals surface area (Å²) in [7, 11) is 0. The normalized spacial score (nSPS) is 22.1. The van der Waals surface area contributed by atoms with Crippen molar-refractivity contribution in [2.45, 2.75) is 18.9 Å². The van der Waals surface area contributed by atoms with E-state index in [9.17, 15) is 0 Å². The van der Waals surface area contributed by atoms with E-state index >= 15 is 0 Å². The van der Waals surface area contributed by atoms with E-state index in [1.807, 2.05) is 0 Å². The SMILES string of the molecule is OCCCCOOCC1CO1. The number of aliphatic hydroxyl groups is 1. The molecule has 0 aromatic rings. The first-order valence-corrected chi connectivity index (χ1v) is 3.90. The van der Waals surface area contributed by atoms with Gasteiger partial charge in [0.05, 0.1) is 13.2 Å². The lowest BCUT2D eigenvalue weighted by Gasteiger charge is -2.00. The molecule has 4 nitrogen and oxygen atoms in total. The largest absolute Gasteiger partial charge is 0.396 e. The third-order valence-electron chi connectivity index (χ3n) is 1.38. The highest BCUT2D eigenvalue weighted by atomic mass is 17.2. The number of ether oxygens (including phenoxy) is 1. The molecule has 0 radical (unpaired) electrons. The Kier molecular flexibility index (Phi) is 4.45. The highest BCUT2D eigenvalue weighted by Gasteiger charge is 2.22. The van der Waals surface area contributed by atoms with Crippen molar-refractivity contribution in [3.8, 4) is 0 Å². The van der Waals surface area contributed by atoms with E-state index < -0.39 is 0 Å². The van der Waals surface area contributed by atoms with Gasteiger partial charge in [-0.2, -0.15) is 0 Å². The molecule has 1 atom stereocenters. The lowest BCUT2D eigenvalue weighted by molar-refractivity contribution is -0.296. The van der Waals surface area contributed by atoms with Gasteiger partial charge in [0, 0.05) is 6.61 Å². The lowest BCUT2D eigenvalue weighted by Crippen LogP contribution is -2.03. The molecule has 0 saturated carbocycles. The van der Waals surface area contributed by atoms with E-state index in [-0.39, 0.29) is 12.7 Å². The Balaban J connectivity index is 1.66. The molecule has 1 heterocycles. The van der Waals surface area contributed by atoms with Gasteiger partial charge in [-0.25, -0.2) is 9.78 Å². The van der Waals surface area contributed by atoms with Crippen molar-refractivity contribution in [2.24, 2.45) is 0 Å². The molecule has 1 rings (SSSR count). The van der Waals surface area contributed by atoms with Gasteiger partial charge in [0.1, 0.15) is 12.7 Å². The Morgan fingerprint density at radius 2 is 2.18 bits per heavy atom. The molecular weight excluding hydrogens is 148 g/mol. The first kappa shape index (κ1) is 8.93. The molecule has 1 aliphatic heterocycles. The number of unbranched alkanes of at least 4 members (excludes halogenated alkanes) is 1. The molecule has 1 unspecified atom stereocenters. The molecule has 1 aliphatic rings. The Hall–Kier alpha value is -0.160. The van der Waals surface area contributed by atoms with Crippen molar-refractivity contribution in [2.75, 3.05) is 26.4 Å². The third kappa shape index (κ3) is 5.15. The second-order valence-corrected chi connectivity index (χ2v) is 2.49. The van der Waals surface area contributed by atoms with Crippen LogP contribution in [0.15, 0.2) is 0 Å². The maximum absolute atomic E-state index is 8.40. The summed E-state index contributed by atoms with van der Waals surface area (Å²) in [5.41, 5.74) is 0. The summed E-state index contributed by atoms with van der Waals surface area (Å²) in [4.78, 5) is 9.59. The molecule has 66 valence electrons. The van der Waals surface area contributed by atoms with E-state index in [1.165, 1.54) is 0 Å². The quantitative estimate of drug-likeness (QED) is 0.250. The second kappa shape index (κ2) is 5.49. The van der Waals surface area contributed by atoms with Crippen LogP contribution in [0.1, 0.15) is 12.8 Å². The smallest absolute Gasteiger partial charge is 0.111 e. The summed E-state index contributed by atoms with van der Waals surface area (Å²) in [5, 5.41) is 8.40. The van der Waals surface area contributed by atoms with Gasteiger partial charge in [0.2, 0.25) is 0 Å². The topological polar surface area (TPSA) is 51.2 Å². The van der Waals surface area contributed by atoms with Crippen molar-refractivity contribution < 1.29 is 19.6 Å². The predicted molar refractivity (Wildman–Crippen MR) is 38.0 cm³/mol. The van der Waals surface area contributed by atoms with Crippen LogP contribution in [-0.4, -0.2) is 37.6 Å². The number of hydrogen-bond acceptors (Lipinski definition) is 4. The zero-order valence-corrected chi connectivity index (χ0v) is 6.49. The average Bonchev–Trinajstić information content (AvgIpc) is 2.80. The Morgan fingerprint density at radius 3 is 2.82 bits per heavy atom. The summed E-state index contributed by atoms with van der Waals surface area (Å²) in [6.45, 7) is 2.08. The molecule has 0 bridgehead atoms. The molecule has 1 fully saturated rings. The summed E-state index contributed by atoms with van der Waals surface area (Å²) in [6, 6.07) is 0. The minimum Gasteiger partial charge on any atom is -0.396 e. The fourth-order valence-corrected chi connectivity index (χ4v) is 0.620. The van der Waals surface area contributed by atoms with Gasteiger partial charge in [-0.3, -0.25) is 0 Å². The molecule has 1 N–H and O–H groups in total. The first-order valence-electron chi connectivity index (χ1n) is 3.90. The molecule has 0 amide bonds. The minimum absolute atomic E-state index is 0.217. The van der Waals surface area contributed by atoms with Crippen molar-refractivity contribution in [3.05, 3.63) is 0 Å². The number of rotatable bonds is 7. The molecule has 0 spiro atoms. The van der Waals surface area contributed by atoms with Gasteiger partial charge < -0.3 is 9.84 Å². The molecule has 0 aliphatic carbocycles. The van der Waals surface area contributed by atoms with Crippen molar-refractivity contribution in [1.82, 2.24) is 0 Å². The molecule has 0 aromatic carbocycles. The van der Waals surface area contributed by atoms with Crippen LogP contribution < -0.4 is 0 Å². The van der Waals surface area contributed by atoms with Gasteiger partial charge in [-0.05, 0) is 12.8 Å². The summed E-state index contributed by atoms with van der Waals surface area (Å²) >= 11 is 0. The number of aliphatic hydroxyl groups excluding tert-OH is 1. The van der Waals surface area contributed by atoms with E-state index in [1.54, 1.807) is 0 Å². The van der Waals surface area contributed by atoms with Crippen LogP contribution in [0.4, 0.5) is 0 Å². The van der Waals surface area contributed by atoms with Gasteiger partial charge in [-0.1, -0.05) is 0 Å². The zero-order valence-electron chi connectivity index (χ0n) is 6.49. The second-order valence-electron chi connectivity index (χ2n) is 2.49. The summed E-state index contributed by atoms with van der Waals surface area (Å²) < 4.78 is 4.89. The molecule has 11 heavy (non-hydrogen) atoms. The van der Waals surface area contributed by atoms with Crippen molar-refractivity contribution in [3.63, 3.8) is 0 Å². The third-order valence-corrected chi connectivity index (χ3v) is 1.38. The predicted octanol–water partition coefficient (Wildman–Crippen LogP) is 0.106. The van der Waals surface area contributed by atoms with Crippen LogP contribution in [0.3, 0.4) is 0 Å². The monoisotopic (exact) mass is 162 g/mol. The Labute approximate surface area is 66.0 Å². The fraction of sp³-hybridized carbons (Fsp3) is 1.00. The van der Waals surface area contributed by atoms with Crippen LogP contribution in [0, 0.1) is 0 Å². The Morgan fingerprint density at radius 1 is 1.36 bits per heavy atom. The number of hydrogen-bond donors (Lipinski definition) is 1.